The molecular weight excluding hydrogens is 332 g/mol. The Hall–Kier alpha value is -2.80. The van der Waals surface area contributed by atoms with Crippen LogP contribution in [-0.4, -0.2) is 55.0 Å². The maximum Gasteiger partial charge on any atom is 0.315 e. The van der Waals surface area contributed by atoms with Gasteiger partial charge in [-0.05, 0) is 24.7 Å². The number of rotatable bonds is 5. The van der Waals surface area contributed by atoms with Crippen molar-refractivity contribution in [3.05, 3.63) is 60.1 Å². The van der Waals surface area contributed by atoms with E-state index in [0.717, 1.165) is 18.7 Å². The second-order valence-electron chi connectivity index (χ2n) is 6.39. The molecule has 2 aromatic rings. The predicted molar refractivity (Wildman–Crippen MR) is 97.3 cm³/mol. The lowest BCUT2D eigenvalue weighted by molar-refractivity contribution is -0.135. The van der Waals surface area contributed by atoms with Gasteiger partial charge in [-0.15, -0.1) is 0 Å². The molecule has 1 fully saturated rings. The lowest BCUT2D eigenvalue weighted by Gasteiger charge is -2.40. The lowest BCUT2D eigenvalue weighted by Crippen LogP contribution is -2.52. The number of nitrogens with one attached hydrogen (secondary N) is 2. The van der Waals surface area contributed by atoms with E-state index in [9.17, 15) is 9.59 Å². The molecule has 3 amide bonds. The summed E-state index contributed by atoms with van der Waals surface area (Å²) in [5, 5.41) is 5.30. The van der Waals surface area contributed by atoms with Crippen LogP contribution in [0.1, 0.15) is 17.4 Å². The van der Waals surface area contributed by atoms with E-state index in [-0.39, 0.29) is 31.1 Å². The summed E-state index contributed by atoms with van der Waals surface area (Å²) in [6.45, 7) is 2.50. The van der Waals surface area contributed by atoms with Crippen LogP contribution in [0.15, 0.2) is 53.1 Å². The van der Waals surface area contributed by atoms with Crippen molar-refractivity contribution in [2.75, 3.05) is 33.2 Å². The van der Waals surface area contributed by atoms with E-state index in [4.69, 9.17) is 4.42 Å². The number of piperazine rings is 1. The van der Waals surface area contributed by atoms with Gasteiger partial charge in [0.2, 0.25) is 5.91 Å². The highest BCUT2D eigenvalue weighted by atomic mass is 16.3. The molecule has 0 aliphatic carbocycles. The van der Waals surface area contributed by atoms with Gasteiger partial charge in [0.15, 0.2) is 0 Å². The number of nitrogens with zero attached hydrogens (tertiary/aromatic N) is 2. The fraction of sp³-hybridized carbons (Fsp3) is 0.368. The molecule has 7 nitrogen and oxygen atoms in total. The molecule has 0 spiro atoms. The number of benzene rings is 1. The molecular formula is C19H24N4O3. The smallest absolute Gasteiger partial charge is 0.315 e. The summed E-state index contributed by atoms with van der Waals surface area (Å²) in [5.74, 6) is 0.579. The Morgan fingerprint density at radius 1 is 1.12 bits per heavy atom. The van der Waals surface area contributed by atoms with E-state index < -0.39 is 0 Å². The molecule has 1 aliphatic rings. The van der Waals surface area contributed by atoms with Crippen LogP contribution < -0.4 is 10.6 Å². The Morgan fingerprint density at radius 2 is 1.92 bits per heavy atom. The summed E-state index contributed by atoms with van der Waals surface area (Å²) in [6.07, 6.45) is 1.55. The van der Waals surface area contributed by atoms with Crippen molar-refractivity contribution in [1.29, 1.82) is 0 Å². The summed E-state index contributed by atoms with van der Waals surface area (Å²) in [7, 11) is 2.05. The van der Waals surface area contributed by atoms with Gasteiger partial charge >= 0.3 is 6.03 Å². The van der Waals surface area contributed by atoms with Gasteiger partial charge in [-0.1, -0.05) is 30.3 Å². The first-order valence-electron chi connectivity index (χ1n) is 8.70. The van der Waals surface area contributed by atoms with E-state index in [1.54, 1.807) is 18.4 Å². The number of urea groups is 1. The van der Waals surface area contributed by atoms with Gasteiger partial charge in [0.1, 0.15) is 5.76 Å². The molecule has 2 heterocycles. The highest BCUT2D eigenvalue weighted by molar-refractivity contribution is 5.84. The monoisotopic (exact) mass is 356 g/mol. The number of amides is 3. The number of carbonyl (C=O) groups excluding carboxylic acids is 2. The molecule has 1 aromatic heterocycles. The van der Waals surface area contributed by atoms with Crippen molar-refractivity contribution in [3.63, 3.8) is 0 Å². The zero-order chi connectivity index (χ0) is 18.4. The first-order chi connectivity index (χ1) is 12.6. The third-order valence-electron chi connectivity index (χ3n) is 4.49. The summed E-state index contributed by atoms with van der Waals surface area (Å²) in [5.41, 5.74) is 1.11. The Kier molecular flexibility index (Phi) is 5.91. The largest absolute Gasteiger partial charge is 0.467 e. The number of hydrogen-bond acceptors (Lipinski definition) is 4. The Labute approximate surface area is 153 Å². The molecule has 1 atom stereocenters. The molecule has 1 unspecified atom stereocenters. The summed E-state index contributed by atoms with van der Waals surface area (Å²) in [6, 6.07) is 13.1. The van der Waals surface area contributed by atoms with Crippen molar-refractivity contribution in [2.24, 2.45) is 0 Å². The van der Waals surface area contributed by atoms with E-state index >= 15 is 0 Å². The average Bonchev–Trinajstić information content (AvgIpc) is 3.18. The van der Waals surface area contributed by atoms with E-state index in [1.165, 1.54) is 0 Å². The van der Waals surface area contributed by atoms with Crippen molar-refractivity contribution in [2.45, 2.75) is 12.6 Å². The van der Waals surface area contributed by atoms with Crippen LogP contribution in [0.5, 0.6) is 0 Å². The second kappa shape index (κ2) is 8.53. The molecule has 3 rings (SSSR count). The molecule has 0 saturated carbocycles. The standard InChI is InChI=1S/C19H24N4O3/c1-22-9-10-23(17(14-22)15-6-3-2-4-7-15)18(24)13-21-19(25)20-12-16-8-5-11-26-16/h2-8,11,17H,9-10,12-14H2,1H3,(H2,20,21,25). The Bertz CT molecular complexity index is 718. The maximum atomic E-state index is 12.7. The van der Waals surface area contributed by atoms with Crippen LogP contribution in [0.4, 0.5) is 4.79 Å². The molecule has 138 valence electrons. The van der Waals surface area contributed by atoms with Gasteiger partial charge in [-0.2, -0.15) is 0 Å². The average molecular weight is 356 g/mol. The minimum Gasteiger partial charge on any atom is -0.467 e. The molecule has 1 saturated heterocycles. The van der Waals surface area contributed by atoms with Gasteiger partial charge in [-0.3, -0.25) is 4.79 Å². The van der Waals surface area contributed by atoms with Crippen LogP contribution >= 0.6 is 0 Å². The van der Waals surface area contributed by atoms with Gasteiger partial charge in [-0.25, -0.2) is 4.79 Å². The number of furan rings is 1. The zero-order valence-corrected chi connectivity index (χ0v) is 14.9. The first-order valence-corrected chi connectivity index (χ1v) is 8.70. The van der Waals surface area contributed by atoms with Crippen LogP contribution in [0.3, 0.4) is 0 Å². The number of hydrogen-bond donors (Lipinski definition) is 2. The van der Waals surface area contributed by atoms with Crippen molar-refractivity contribution in [1.82, 2.24) is 20.4 Å². The first kappa shape index (κ1) is 18.0. The van der Waals surface area contributed by atoms with Crippen LogP contribution in [0, 0.1) is 0 Å². The zero-order valence-electron chi connectivity index (χ0n) is 14.9. The van der Waals surface area contributed by atoms with Crippen molar-refractivity contribution >= 4 is 11.9 Å². The Morgan fingerprint density at radius 3 is 2.65 bits per heavy atom. The van der Waals surface area contributed by atoms with Gasteiger partial charge in [0, 0.05) is 19.6 Å². The van der Waals surface area contributed by atoms with Crippen LogP contribution in [0.2, 0.25) is 0 Å². The van der Waals surface area contributed by atoms with E-state index in [1.807, 2.05) is 35.2 Å². The molecule has 2 N–H and O–H groups in total. The van der Waals surface area contributed by atoms with E-state index in [0.29, 0.717) is 12.3 Å². The maximum absolute atomic E-state index is 12.7. The molecule has 0 radical (unpaired) electrons. The minimum absolute atomic E-state index is 0.00423. The number of likely N-dealkylation sites (N-methyl/N-ethyl adjacent to an activating group) is 1. The Balaban J connectivity index is 1.54. The van der Waals surface area contributed by atoms with Crippen molar-refractivity contribution < 1.29 is 14.0 Å². The molecule has 1 aromatic carbocycles. The van der Waals surface area contributed by atoms with Crippen LogP contribution in [0.25, 0.3) is 0 Å². The fourth-order valence-corrected chi connectivity index (χ4v) is 3.08. The number of carbonyl (C=O) groups is 2. The van der Waals surface area contributed by atoms with Gasteiger partial charge in [0.05, 0.1) is 25.4 Å². The topological polar surface area (TPSA) is 77.8 Å². The predicted octanol–water partition coefficient (Wildman–Crippen LogP) is 1.59. The normalized spacial score (nSPS) is 17.7. The highest BCUT2D eigenvalue weighted by Crippen LogP contribution is 2.24. The molecule has 0 bridgehead atoms. The summed E-state index contributed by atoms with van der Waals surface area (Å²) in [4.78, 5) is 28.6. The SMILES string of the molecule is CN1CCN(C(=O)CNC(=O)NCc2ccco2)C(c2ccccc2)C1. The summed E-state index contributed by atoms with van der Waals surface area (Å²) >= 11 is 0. The molecule has 1 aliphatic heterocycles. The highest BCUT2D eigenvalue weighted by Gasteiger charge is 2.30. The third-order valence-corrected chi connectivity index (χ3v) is 4.49. The van der Waals surface area contributed by atoms with E-state index in [2.05, 4.69) is 22.6 Å². The molecule has 7 heteroatoms. The molecule has 26 heavy (non-hydrogen) atoms. The van der Waals surface area contributed by atoms with Crippen molar-refractivity contribution in [3.8, 4) is 0 Å². The van der Waals surface area contributed by atoms with Gasteiger partial charge < -0.3 is 24.9 Å². The second-order valence-corrected chi connectivity index (χ2v) is 6.39. The third kappa shape index (κ3) is 4.64. The lowest BCUT2D eigenvalue weighted by atomic mass is 10.0. The quantitative estimate of drug-likeness (QED) is 0.853. The minimum atomic E-state index is -0.389. The van der Waals surface area contributed by atoms with Crippen LogP contribution in [-0.2, 0) is 11.3 Å². The fourth-order valence-electron chi connectivity index (χ4n) is 3.08. The summed E-state index contributed by atoms with van der Waals surface area (Å²) < 4.78 is 5.16. The van der Waals surface area contributed by atoms with Gasteiger partial charge in [0.25, 0.3) is 0 Å².